The van der Waals surface area contributed by atoms with Crippen molar-refractivity contribution >= 4 is 0 Å². The molecular weight excluding hydrogens is 128 g/mol. The van der Waals surface area contributed by atoms with Gasteiger partial charge >= 0.3 is 0 Å². The van der Waals surface area contributed by atoms with Crippen molar-refractivity contribution in [1.29, 1.82) is 0 Å². The van der Waals surface area contributed by atoms with Crippen molar-refractivity contribution < 1.29 is 9.84 Å². The van der Waals surface area contributed by atoms with E-state index in [0.717, 1.165) is 12.8 Å². The van der Waals surface area contributed by atoms with E-state index in [-0.39, 0.29) is 12.7 Å². The standard InChI is InChI=1S/C8H16O2/c1-3-4-5-8(2)10-7-6-9/h3,8-9H,1,4-7H2,2H3. The average Bonchev–Trinajstić information content (AvgIpc) is 1.97. The molecule has 0 radical (unpaired) electrons. The van der Waals surface area contributed by atoms with E-state index in [9.17, 15) is 0 Å². The first-order chi connectivity index (χ1) is 4.81. The molecule has 0 spiro atoms. The second kappa shape index (κ2) is 6.78. The minimum atomic E-state index is 0.110. The number of hydrogen-bond donors (Lipinski definition) is 1. The molecule has 1 N–H and O–H groups in total. The molecule has 0 saturated heterocycles. The van der Waals surface area contributed by atoms with Crippen molar-refractivity contribution in [3.63, 3.8) is 0 Å². The van der Waals surface area contributed by atoms with Gasteiger partial charge in [0.05, 0.1) is 19.3 Å². The SMILES string of the molecule is C=CCCC(C)OCCO. The highest BCUT2D eigenvalue weighted by Crippen LogP contribution is 2.00. The molecule has 2 nitrogen and oxygen atoms in total. The average molecular weight is 144 g/mol. The van der Waals surface area contributed by atoms with Crippen LogP contribution >= 0.6 is 0 Å². The van der Waals surface area contributed by atoms with Gasteiger partial charge in [-0.25, -0.2) is 0 Å². The molecule has 0 aromatic rings. The summed E-state index contributed by atoms with van der Waals surface area (Å²) < 4.78 is 5.20. The predicted molar refractivity (Wildman–Crippen MR) is 41.9 cm³/mol. The van der Waals surface area contributed by atoms with Gasteiger partial charge in [-0.15, -0.1) is 6.58 Å². The summed E-state index contributed by atoms with van der Waals surface area (Å²) >= 11 is 0. The lowest BCUT2D eigenvalue weighted by Crippen LogP contribution is -2.10. The molecule has 0 bridgehead atoms. The van der Waals surface area contributed by atoms with Crippen LogP contribution in [0.15, 0.2) is 12.7 Å². The maximum absolute atomic E-state index is 8.40. The molecule has 0 saturated carbocycles. The van der Waals surface area contributed by atoms with E-state index in [1.165, 1.54) is 0 Å². The smallest absolute Gasteiger partial charge is 0.0701 e. The first-order valence-corrected chi connectivity index (χ1v) is 3.64. The molecule has 2 heteroatoms. The Balaban J connectivity index is 3.07. The maximum Gasteiger partial charge on any atom is 0.0701 e. The normalized spacial score (nSPS) is 13.0. The summed E-state index contributed by atoms with van der Waals surface area (Å²) in [4.78, 5) is 0. The second-order valence-corrected chi connectivity index (χ2v) is 2.27. The predicted octanol–water partition coefficient (Wildman–Crippen LogP) is 1.35. The third kappa shape index (κ3) is 5.79. The lowest BCUT2D eigenvalue weighted by molar-refractivity contribution is 0.0353. The van der Waals surface area contributed by atoms with E-state index >= 15 is 0 Å². The summed E-state index contributed by atoms with van der Waals surface area (Å²) in [7, 11) is 0. The van der Waals surface area contributed by atoms with Gasteiger partial charge in [-0.05, 0) is 19.8 Å². The zero-order chi connectivity index (χ0) is 7.82. The minimum absolute atomic E-state index is 0.110. The molecule has 0 aliphatic rings. The van der Waals surface area contributed by atoms with E-state index in [2.05, 4.69) is 6.58 Å². The van der Waals surface area contributed by atoms with Crippen LogP contribution in [0.4, 0.5) is 0 Å². The maximum atomic E-state index is 8.40. The summed E-state index contributed by atoms with van der Waals surface area (Å²) in [6.07, 6.45) is 4.08. The van der Waals surface area contributed by atoms with Crippen LogP contribution in [-0.4, -0.2) is 24.4 Å². The number of aliphatic hydroxyl groups excluding tert-OH is 1. The van der Waals surface area contributed by atoms with Gasteiger partial charge in [0.2, 0.25) is 0 Å². The molecule has 0 fully saturated rings. The Morgan fingerprint density at radius 3 is 2.90 bits per heavy atom. The molecule has 0 amide bonds. The fraction of sp³-hybridized carbons (Fsp3) is 0.750. The van der Waals surface area contributed by atoms with Gasteiger partial charge in [0.15, 0.2) is 0 Å². The highest BCUT2D eigenvalue weighted by atomic mass is 16.5. The van der Waals surface area contributed by atoms with Crippen molar-refractivity contribution in [3.05, 3.63) is 12.7 Å². The van der Waals surface area contributed by atoms with Crippen molar-refractivity contribution in [2.75, 3.05) is 13.2 Å². The number of aliphatic hydroxyl groups is 1. The largest absolute Gasteiger partial charge is 0.394 e. The number of rotatable bonds is 6. The molecule has 0 heterocycles. The minimum Gasteiger partial charge on any atom is -0.394 e. The van der Waals surface area contributed by atoms with Gasteiger partial charge in [0.25, 0.3) is 0 Å². The molecule has 1 atom stereocenters. The topological polar surface area (TPSA) is 29.5 Å². The Bertz CT molecular complexity index is 81.3. The third-order valence-electron chi connectivity index (χ3n) is 1.27. The highest BCUT2D eigenvalue weighted by molar-refractivity contribution is 4.67. The molecule has 1 unspecified atom stereocenters. The van der Waals surface area contributed by atoms with Gasteiger partial charge in [0, 0.05) is 0 Å². The first-order valence-electron chi connectivity index (χ1n) is 3.64. The van der Waals surface area contributed by atoms with Gasteiger partial charge in [-0.1, -0.05) is 6.08 Å². The quantitative estimate of drug-likeness (QED) is 0.570. The lowest BCUT2D eigenvalue weighted by Gasteiger charge is -2.09. The number of allylic oxidation sites excluding steroid dienone is 1. The Hall–Kier alpha value is -0.340. The highest BCUT2D eigenvalue weighted by Gasteiger charge is 1.98. The van der Waals surface area contributed by atoms with Gasteiger partial charge < -0.3 is 9.84 Å². The fourth-order valence-electron chi connectivity index (χ4n) is 0.690. The molecular formula is C8H16O2. The summed E-state index contributed by atoms with van der Waals surface area (Å²) in [6.45, 7) is 6.16. The number of ether oxygens (including phenoxy) is 1. The van der Waals surface area contributed by atoms with Crippen LogP contribution in [0.2, 0.25) is 0 Å². The Morgan fingerprint density at radius 2 is 2.40 bits per heavy atom. The second-order valence-electron chi connectivity index (χ2n) is 2.27. The summed E-state index contributed by atoms with van der Waals surface area (Å²) in [5.41, 5.74) is 0. The molecule has 0 aliphatic carbocycles. The summed E-state index contributed by atoms with van der Waals surface area (Å²) in [5, 5.41) is 8.40. The van der Waals surface area contributed by atoms with Crippen LogP contribution in [0, 0.1) is 0 Å². The van der Waals surface area contributed by atoms with Crippen LogP contribution < -0.4 is 0 Å². The van der Waals surface area contributed by atoms with Crippen LogP contribution in [0.25, 0.3) is 0 Å². The molecule has 0 rings (SSSR count). The van der Waals surface area contributed by atoms with E-state index < -0.39 is 0 Å². The van der Waals surface area contributed by atoms with Gasteiger partial charge in [-0.3, -0.25) is 0 Å². The Morgan fingerprint density at radius 1 is 1.70 bits per heavy atom. The zero-order valence-corrected chi connectivity index (χ0v) is 6.55. The third-order valence-corrected chi connectivity index (χ3v) is 1.27. The van der Waals surface area contributed by atoms with Crippen LogP contribution in [0.3, 0.4) is 0 Å². The molecule has 60 valence electrons. The molecule has 0 aromatic carbocycles. The van der Waals surface area contributed by atoms with Crippen LogP contribution in [0.5, 0.6) is 0 Å². The first kappa shape index (κ1) is 9.66. The van der Waals surface area contributed by atoms with E-state index in [0.29, 0.717) is 6.61 Å². The fourth-order valence-corrected chi connectivity index (χ4v) is 0.690. The Labute approximate surface area is 62.5 Å². The molecule has 10 heavy (non-hydrogen) atoms. The van der Waals surface area contributed by atoms with Crippen LogP contribution in [-0.2, 0) is 4.74 Å². The van der Waals surface area contributed by atoms with Crippen molar-refractivity contribution in [1.82, 2.24) is 0 Å². The zero-order valence-electron chi connectivity index (χ0n) is 6.55. The molecule has 0 aliphatic heterocycles. The monoisotopic (exact) mass is 144 g/mol. The van der Waals surface area contributed by atoms with Crippen LogP contribution in [0.1, 0.15) is 19.8 Å². The van der Waals surface area contributed by atoms with E-state index in [4.69, 9.17) is 9.84 Å². The van der Waals surface area contributed by atoms with Gasteiger partial charge in [-0.2, -0.15) is 0 Å². The van der Waals surface area contributed by atoms with Crippen molar-refractivity contribution in [2.24, 2.45) is 0 Å². The Kier molecular flexibility index (Phi) is 6.55. The lowest BCUT2D eigenvalue weighted by atomic mass is 10.2. The summed E-state index contributed by atoms with van der Waals surface area (Å²) in [5.74, 6) is 0. The van der Waals surface area contributed by atoms with Crippen molar-refractivity contribution in [2.45, 2.75) is 25.9 Å². The van der Waals surface area contributed by atoms with E-state index in [1.807, 2.05) is 13.0 Å². The van der Waals surface area contributed by atoms with E-state index in [1.54, 1.807) is 0 Å². The van der Waals surface area contributed by atoms with Crippen molar-refractivity contribution in [3.8, 4) is 0 Å². The summed E-state index contributed by atoms with van der Waals surface area (Å²) in [6, 6.07) is 0. The molecule has 0 aromatic heterocycles. The number of hydrogen-bond acceptors (Lipinski definition) is 2. The van der Waals surface area contributed by atoms with Gasteiger partial charge in [0.1, 0.15) is 0 Å².